The van der Waals surface area contributed by atoms with Gasteiger partial charge in [-0.05, 0) is 53.2 Å². The largest absolute Gasteiger partial charge is 0.464 e. The Kier molecular flexibility index (Phi) is 4.61. The van der Waals surface area contributed by atoms with Crippen molar-refractivity contribution in [1.29, 1.82) is 0 Å². The zero-order valence-corrected chi connectivity index (χ0v) is 13.1. The molecule has 0 N–H and O–H groups in total. The van der Waals surface area contributed by atoms with Gasteiger partial charge in [0.05, 0.1) is 10.3 Å². The summed E-state index contributed by atoms with van der Waals surface area (Å²) < 4.78 is 6.50. The lowest BCUT2D eigenvalue weighted by atomic mass is 10.3. The second-order valence-electron chi connectivity index (χ2n) is 4.18. The van der Waals surface area contributed by atoms with Crippen LogP contribution in [0, 0.1) is 6.92 Å². The van der Waals surface area contributed by atoms with Crippen molar-refractivity contribution >= 4 is 39.2 Å². The van der Waals surface area contributed by atoms with Crippen molar-refractivity contribution in [2.75, 3.05) is 7.05 Å². The molecule has 0 aromatic carbocycles. The van der Waals surface area contributed by atoms with Crippen LogP contribution in [0.15, 0.2) is 38.5 Å². The van der Waals surface area contributed by atoms with Crippen LogP contribution >= 0.6 is 27.3 Å². The number of carbonyl (C=O) groups excluding carboxylic acids is 1. The predicted octanol–water partition coefficient (Wildman–Crippen LogP) is 4.08. The standard InChI is InChI=1S/C14H14BrNO2S/c1-10-3-4-11(18-10)9-16(2)14(17)8-6-12-5-7-13(15)19-12/h3-8H,9H2,1-2H3/b8-6+. The number of carbonyl (C=O) groups is 1. The van der Waals surface area contributed by atoms with Crippen LogP contribution in [0.25, 0.3) is 6.08 Å². The van der Waals surface area contributed by atoms with Gasteiger partial charge in [0, 0.05) is 18.0 Å². The minimum Gasteiger partial charge on any atom is -0.464 e. The van der Waals surface area contributed by atoms with Crippen LogP contribution in [0.4, 0.5) is 0 Å². The van der Waals surface area contributed by atoms with Crippen molar-refractivity contribution in [2.45, 2.75) is 13.5 Å². The van der Waals surface area contributed by atoms with Crippen LogP contribution in [0.2, 0.25) is 0 Å². The van der Waals surface area contributed by atoms with Crippen molar-refractivity contribution in [1.82, 2.24) is 4.90 Å². The van der Waals surface area contributed by atoms with Gasteiger partial charge in [0.15, 0.2) is 0 Å². The lowest BCUT2D eigenvalue weighted by molar-refractivity contribution is -0.125. The molecule has 0 spiro atoms. The van der Waals surface area contributed by atoms with Gasteiger partial charge < -0.3 is 9.32 Å². The molecule has 1 amide bonds. The maximum atomic E-state index is 11.9. The van der Waals surface area contributed by atoms with Crippen LogP contribution in [-0.4, -0.2) is 17.9 Å². The van der Waals surface area contributed by atoms with Crippen LogP contribution in [0.5, 0.6) is 0 Å². The zero-order chi connectivity index (χ0) is 13.8. The van der Waals surface area contributed by atoms with Crippen molar-refractivity contribution < 1.29 is 9.21 Å². The Labute approximate surface area is 124 Å². The van der Waals surface area contributed by atoms with Crippen LogP contribution in [0.3, 0.4) is 0 Å². The van der Waals surface area contributed by atoms with E-state index in [2.05, 4.69) is 15.9 Å². The summed E-state index contributed by atoms with van der Waals surface area (Å²) in [5.41, 5.74) is 0. The molecule has 2 rings (SSSR count). The number of nitrogens with zero attached hydrogens (tertiary/aromatic N) is 1. The first-order valence-electron chi connectivity index (χ1n) is 5.78. The van der Waals surface area contributed by atoms with E-state index in [0.29, 0.717) is 6.54 Å². The quantitative estimate of drug-likeness (QED) is 0.786. The predicted molar refractivity (Wildman–Crippen MR) is 81.0 cm³/mol. The fraction of sp³-hybridized carbons (Fsp3) is 0.214. The molecule has 5 heteroatoms. The van der Waals surface area contributed by atoms with Crippen LogP contribution in [-0.2, 0) is 11.3 Å². The van der Waals surface area contributed by atoms with E-state index in [1.807, 2.05) is 37.3 Å². The van der Waals surface area contributed by atoms with E-state index >= 15 is 0 Å². The summed E-state index contributed by atoms with van der Waals surface area (Å²) in [6.07, 6.45) is 3.40. The zero-order valence-electron chi connectivity index (χ0n) is 10.7. The first kappa shape index (κ1) is 14.1. The molecule has 0 atom stereocenters. The minimum absolute atomic E-state index is 0.0430. The molecule has 2 aromatic rings. The average Bonchev–Trinajstić information content (AvgIpc) is 2.95. The number of aryl methyl sites for hydroxylation is 1. The molecule has 19 heavy (non-hydrogen) atoms. The molecule has 100 valence electrons. The Hall–Kier alpha value is -1.33. The summed E-state index contributed by atoms with van der Waals surface area (Å²) in [4.78, 5) is 14.6. The average molecular weight is 340 g/mol. The summed E-state index contributed by atoms with van der Waals surface area (Å²) in [6.45, 7) is 2.37. The highest BCUT2D eigenvalue weighted by Crippen LogP contribution is 2.23. The molecule has 0 radical (unpaired) electrons. The fourth-order valence-corrected chi connectivity index (χ4v) is 2.91. The van der Waals surface area contributed by atoms with Crippen molar-refractivity contribution in [3.05, 3.63) is 50.5 Å². The summed E-state index contributed by atoms with van der Waals surface area (Å²) in [5, 5.41) is 0. The number of amides is 1. The highest BCUT2D eigenvalue weighted by molar-refractivity contribution is 9.11. The third-order valence-corrected chi connectivity index (χ3v) is 4.14. The second-order valence-corrected chi connectivity index (χ2v) is 6.68. The molecule has 0 bridgehead atoms. The molecule has 0 unspecified atom stereocenters. The molecule has 0 aliphatic heterocycles. The van der Waals surface area contributed by atoms with E-state index < -0.39 is 0 Å². The van der Waals surface area contributed by atoms with Gasteiger partial charge in [-0.3, -0.25) is 4.79 Å². The Morgan fingerprint density at radius 1 is 1.42 bits per heavy atom. The van der Waals surface area contributed by atoms with E-state index in [1.165, 1.54) is 0 Å². The maximum Gasteiger partial charge on any atom is 0.246 e. The van der Waals surface area contributed by atoms with Crippen LogP contribution < -0.4 is 0 Å². The smallest absolute Gasteiger partial charge is 0.246 e. The van der Waals surface area contributed by atoms with Crippen LogP contribution in [0.1, 0.15) is 16.4 Å². The SMILES string of the molecule is Cc1ccc(CN(C)C(=O)/C=C/c2ccc(Br)s2)o1. The van der Waals surface area contributed by atoms with E-state index in [-0.39, 0.29) is 5.91 Å². The van der Waals surface area contributed by atoms with Gasteiger partial charge in [-0.25, -0.2) is 0 Å². The van der Waals surface area contributed by atoms with Gasteiger partial charge >= 0.3 is 0 Å². The molecular weight excluding hydrogens is 326 g/mol. The molecular formula is C14H14BrNO2S. The lowest BCUT2D eigenvalue weighted by Gasteiger charge is -2.12. The third kappa shape index (κ3) is 4.08. The first-order chi connectivity index (χ1) is 9.04. The lowest BCUT2D eigenvalue weighted by Crippen LogP contribution is -2.23. The highest BCUT2D eigenvalue weighted by Gasteiger charge is 2.08. The summed E-state index contributed by atoms with van der Waals surface area (Å²) in [6, 6.07) is 7.71. The molecule has 0 saturated heterocycles. The van der Waals surface area contributed by atoms with Crippen molar-refractivity contribution in [3.8, 4) is 0 Å². The molecule has 0 fully saturated rings. The molecule has 2 aromatic heterocycles. The van der Waals surface area contributed by atoms with Gasteiger partial charge in [-0.15, -0.1) is 11.3 Å². The minimum atomic E-state index is -0.0430. The van der Waals surface area contributed by atoms with E-state index in [1.54, 1.807) is 29.4 Å². The van der Waals surface area contributed by atoms with Gasteiger partial charge in [-0.1, -0.05) is 0 Å². The monoisotopic (exact) mass is 339 g/mol. The summed E-state index contributed by atoms with van der Waals surface area (Å²) >= 11 is 4.98. The number of likely N-dealkylation sites (N-methyl/N-ethyl adjacent to an activating group) is 1. The Balaban J connectivity index is 1.94. The summed E-state index contributed by atoms with van der Waals surface area (Å²) in [7, 11) is 1.76. The number of hydrogen-bond acceptors (Lipinski definition) is 3. The molecule has 0 saturated carbocycles. The molecule has 0 aliphatic carbocycles. The van der Waals surface area contributed by atoms with Gasteiger partial charge in [0.2, 0.25) is 5.91 Å². The Morgan fingerprint density at radius 3 is 2.79 bits per heavy atom. The van der Waals surface area contributed by atoms with Gasteiger partial charge in [0.1, 0.15) is 11.5 Å². The third-order valence-electron chi connectivity index (χ3n) is 2.55. The maximum absolute atomic E-state index is 11.9. The van der Waals surface area contributed by atoms with Crippen molar-refractivity contribution in [3.63, 3.8) is 0 Å². The summed E-state index contributed by atoms with van der Waals surface area (Å²) in [5.74, 6) is 1.61. The van der Waals surface area contributed by atoms with Gasteiger partial charge in [-0.2, -0.15) is 0 Å². The highest BCUT2D eigenvalue weighted by atomic mass is 79.9. The number of furan rings is 1. The fourth-order valence-electron chi connectivity index (χ4n) is 1.58. The van der Waals surface area contributed by atoms with E-state index in [4.69, 9.17) is 4.42 Å². The Bertz CT molecular complexity index is 600. The van der Waals surface area contributed by atoms with Crippen molar-refractivity contribution in [2.24, 2.45) is 0 Å². The number of hydrogen-bond donors (Lipinski definition) is 0. The van der Waals surface area contributed by atoms with Gasteiger partial charge in [0.25, 0.3) is 0 Å². The molecule has 3 nitrogen and oxygen atoms in total. The molecule has 0 aliphatic rings. The van der Waals surface area contributed by atoms with E-state index in [9.17, 15) is 4.79 Å². The Morgan fingerprint density at radius 2 is 2.21 bits per heavy atom. The first-order valence-corrected chi connectivity index (χ1v) is 7.39. The second kappa shape index (κ2) is 6.21. The number of halogens is 1. The molecule has 2 heterocycles. The van der Waals surface area contributed by atoms with E-state index in [0.717, 1.165) is 20.2 Å². The number of rotatable bonds is 4. The normalized spacial score (nSPS) is 11.1. The topological polar surface area (TPSA) is 33.5 Å². The number of thiophene rings is 1.